The Morgan fingerprint density at radius 1 is 1.14 bits per heavy atom. The fraction of sp³-hybridized carbons (Fsp3) is 0.375. The molecular weight excluding hydrogens is 287 g/mol. The van der Waals surface area contributed by atoms with Crippen LogP contribution in [0, 0.1) is 12.7 Å². The van der Waals surface area contributed by atoms with Gasteiger partial charge in [0.15, 0.2) is 0 Å². The number of rotatable bonds is 5. The van der Waals surface area contributed by atoms with Crippen LogP contribution in [0.25, 0.3) is 0 Å². The Labute approximate surface area is 128 Å². The van der Waals surface area contributed by atoms with E-state index in [1.54, 1.807) is 19.1 Å². The monoisotopic (exact) mass is 306 g/mol. The van der Waals surface area contributed by atoms with Gasteiger partial charge in [-0.1, -0.05) is 12.1 Å². The standard InChI is InChI=1S/C16H19FN2O3/c1-10-13(18-15(22-4)19-14(10)21-3)9-16(2,20)11-5-7-12(17)8-6-11/h5-8,20H,9H2,1-4H3. The van der Waals surface area contributed by atoms with Gasteiger partial charge in [0.05, 0.1) is 25.5 Å². The third-order valence-electron chi connectivity index (χ3n) is 3.54. The van der Waals surface area contributed by atoms with E-state index in [4.69, 9.17) is 9.47 Å². The Morgan fingerprint density at radius 3 is 2.32 bits per heavy atom. The molecule has 0 bridgehead atoms. The van der Waals surface area contributed by atoms with Crippen LogP contribution in [0.3, 0.4) is 0 Å². The van der Waals surface area contributed by atoms with Crippen molar-refractivity contribution in [3.05, 3.63) is 46.9 Å². The second-order valence-corrected chi connectivity index (χ2v) is 5.25. The van der Waals surface area contributed by atoms with Crippen molar-refractivity contribution >= 4 is 0 Å². The lowest BCUT2D eigenvalue weighted by molar-refractivity contribution is 0.0561. The van der Waals surface area contributed by atoms with E-state index in [0.717, 1.165) is 5.56 Å². The molecule has 2 rings (SSSR count). The van der Waals surface area contributed by atoms with Crippen LogP contribution < -0.4 is 9.47 Å². The summed E-state index contributed by atoms with van der Waals surface area (Å²) >= 11 is 0. The van der Waals surface area contributed by atoms with E-state index in [1.165, 1.54) is 26.4 Å². The summed E-state index contributed by atoms with van der Waals surface area (Å²) in [6.07, 6.45) is 0.222. The van der Waals surface area contributed by atoms with Crippen LogP contribution in [-0.4, -0.2) is 29.3 Å². The molecule has 0 saturated carbocycles. The molecule has 6 heteroatoms. The number of methoxy groups -OCH3 is 2. The molecule has 1 aromatic heterocycles. The number of hydrogen-bond acceptors (Lipinski definition) is 5. The average Bonchev–Trinajstić information content (AvgIpc) is 2.49. The third kappa shape index (κ3) is 3.33. The summed E-state index contributed by atoms with van der Waals surface area (Å²) < 4.78 is 23.3. The molecule has 1 heterocycles. The van der Waals surface area contributed by atoms with Gasteiger partial charge in [-0.2, -0.15) is 9.97 Å². The predicted molar refractivity (Wildman–Crippen MR) is 79.5 cm³/mol. The summed E-state index contributed by atoms with van der Waals surface area (Å²) in [5, 5.41) is 10.7. The second-order valence-electron chi connectivity index (χ2n) is 5.25. The Kier molecular flexibility index (Phi) is 4.61. The molecule has 2 aromatic rings. The number of aromatic nitrogens is 2. The zero-order valence-corrected chi connectivity index (χ0v) is 13.1. The van der Waals surface area contributed by atoms with Gasteiger partial charge in [-0.05, 0) is 31.5 Å². The molecule has 0 aliphatic heterocycles. The van der Waals surface area contributed by atoms with Crippen LogP contribution in [0.2, 0.25) is 0 Å². The third-order valence-corrected chi connectivity index (χ3v) is 3.54. The van der Waals surface area contributed by atoms with Gasteiger partial charge >= 0.3 is 6.01 Å². The van der Waals surface area contributed by atoms with Crippen molar-refractivity contribution in [2.75, 3.05) is 14.2 Å². The molecule has 5 nitrogen and oxygen atoms in total. The number of ether oxygens (including phenoxy) is 2. The molecule has 0 amide bonds. The van der Waals surface area contributed by atoms with Crippen molar-refractivity contribution in [2.45, 2.75) is 25.9 Å². The number of hydrogen-bond donors (Lipinski definition) is 1. The summed E-state index contributed by atoms with van der Waals surface area (Å²) in [6.45, 7) is 3.47. The maximum Gasteiger partial charge on any atom is 0.319 e. The minimum Gasteiger partial charge on any atom is -0.481 e. The van der Waals surface area contributed by atoms with Crippen LogP contribution in [0.1, 0.15) is 23.7 Å². The maximum absolute atomic E-state index is 13.0. The largest absolute Gasteiger partial charge is 0.481 e. The molecule has 0 saturated heterocycles. The number of nitrogens with zero attached hydrogens (tertiary/aromatic N) is 2. The summed E-state index contributed by atoms with van der Waals surface area (Å²) in [5.41, 5.74) is 0.733. The van der Waals surface area contributed by atoms with Gasteiger partial charge in [-0.3, -0.25) is 0 Å². The first-order chi connectivity index (χ1) is 10.4. The van der Waals surface area contributed by atoms with E-state index < -0.39 is 5.60 Å². The van der Waals surface area contributed by atoms with E-state index in [1.807, 2.05) is 6.92 Å². The summed E-state index contributed by atoms with van der Waals surface area (Å²) in [4.78, 5) is 8.38. The van der Waals surface area contributed by atoms with E-state index in [2.05, 4.69) is 9.97 Å². The maximum atomic E-state index is 13.0. The topological polar surface area (TPSA) is 64.5 Å². The highest BCUT2D eigenvalue weighted by Crippen LogP contribution is 2.29. The fourth-order valence-corrected chi connectivity index (χ4v) is 2.22. The molecule has 1 aromatic carbocycles. The summed E-state index contributed by atoms with van der Waals surface area (Å²) in [6, 6.07) is 5.92. The van der Waals surface area contributed by atoms with Crippen molar-refractivity contribution in [1.82, 2.24) is 9.97 Å². The van der Waals surface area contributed by atoms with Crippen molar-refractivity contribution in [2.24, 2.45) is 0 Å². The van der Waals surface area contributed by atoms with Crippen molar-refractivity contribution < 1.29 is 19.0 Å². The first-order valence-corrected chi connectivity index (χ1v) is 6.81. The number of halogens is 1. The Hall–Kier alpha value is -2.21. The van der Waals surface area contributed by atoms with Gasteiger partial charge in [0.25, 0.3) is 0 Å². The molecule has 0 aliphatic rings. The van der Waals surface area contributed by atoms with E-state index in [0.29, 0.717) is 17.1 Å². The molecule has 118 valence electrons. The lowest BCUT2D eigenvalue weighted by Gasteiger charge is -2.24. The van der Waals surface area contributed by atoms with Crippen molar-refractivity contribution in [3.8, 4) is 11.9 Å². The minimum absolute atomic E-state index is 0.173. The number of aliphatic hydroxyl groups is 1. The molecule has 0 aliphatic carbocycles. The highest BCUT2D eigenvalue weighted by Gasteiger charge is 2.27. The Morgan fingerprint density at radius 2 is 1.77 bits per heavy atom. The fourth-order valence-electron chi connectivity index (χ4n) is 2.22. The van der Waals surface area contributed by atoms with E-state index in [9.17, 15) is 9.50 Å². The quantitative estimate of drug-likeness (QED) is 0.919. The van der Waals surface area contributed by atoms with Crippen LogP contribution in [0.5, 0.6) is 11.9 Å². The van der Waals surface area contributed by atoms with Gasteiger partial charge in [0.1, 0.15) is 5.82 Å². The Balaban J connectivity index is 2.38. The van der Waals surface area contributed by atoms with E-state index >= 15 is 0 Å². The normalized spacial score (nSPS) is 13.5. The summed E-state index contributed by atoms with van der Waals surface area (Å²) in [7, 11) is 2.97. The highest BCUT2D eigenvalue weighted by atomic mass is 19.1. The van der Waals surface area contributed by atoms with Gasteiger partial charge in [-0.15, -0.1) is 0 Å². The molecule has 1 N–H and O–H groups in total. The minimum atomic E-state index is -1.21. The molecule has 1 unspecified atom stereocenters. The molecule has 22 heavy (non-hydrogen) atoms. The van der Waals surface area contributed by atoms with Gasteiger partial charge < -0.3 is 14.6 Å². The second kappa shape index (κ2) is 6.27. The number of benzene rings is 1. The molecule has 0 spiro atoms. The van der Waals surface area contributed by atoms with Crippen LogP contribution in [0.15, 0.2) is 24.3 Å². The molecular formula is C16H19FN2O3. The first-order valence-electron chi connectivity index (χ1n) is 6.81. The smallest absolute Gasteiger partial charge is 0.319 e. The SMILES string of the molecule is COc1nc(CC(C)(O)c2ccc(F)cc2)c(C)c(OC)n1. The van der Waals surface area contributed by atoms with Gasteiger partial charge in [-0.25, -0.2) is 4.39 Å². The van der Waals surface area contributed by atoms with E-state index in [-0.39, 0.29) is 18.2 Å². The first kappa shape index (κ1) is 16.2. The van der Waals surface area contributed by atoms with Gasteiger partial charge in [0.2, 0.25) is 5.88 Å². The summed E-state index contributed by atoms with van der Waals surface area (Å²) in [5.74, 6) is 0.0536. The molecule has 0 fully saturated rings. The average molecular weight is 306 g/mol. The van der Waals surface area contributed by atoms with Crippen LogP contribution >= 0.6 is 0 Å². The zero-order valence-electron chi connectivity index (χ0n) is 13.1. The zero-order chi connectivity index (χ0) is 16.3. The van der Waals surface area contributed by atoms with Crippen LogP contribution in [-0.2, 0) is 12.0 Å². The molecule has 0 radical (unpaired) electrons. The highest BCUT2D eigenvalue weighted by molar-refractivity contribution is 5.33. The lowest BCUT2D eigenvalue weighted by Crippen LogP contribution is -2.25. The van der Waals surface area contributed by atoms with Gasteiger partial charge in [0, 0.05) is 12.0 Å². The Bertz CT molecular complexity index is 657. The van der Waals surface area contributed by atoms with Crippen LogP contribution in [0.4, 0.5) is 4.39 Å². The lowest BCUT2D eigenvalue weighted by atomic mass is 9.90. The molecule has 1 atom stereocenters. The predicted octanol–water partition coefficient (Wildman–Crippen LogP) is 2.39. The van der Waals surface area contributed by atoms with Crippen molar-refractivity contribution in [3.63, 3.8) is 0 Å². The van der Waals surface area contributed by atoms with Crippen molar-refractivity contribution in [1.29, 1.82) is 0 Å².